The number of benzene rings is 2. The van der Waals surface area contributed by atoms with Crippen LogP contribution < -0.4 is 4.74 Å². The molecule has 10 heteroatoms. The van der Waals surface area contributed by atoms with Gasteiger partial charge in [0.25, 0.3) is 11.1 Å². The van der Waals surface area contributed by atoms with Gasteiger partial charge in [-0.15, -0.1) is 0 Å². The molecule has 1 aliphatic heterocycles. The van der Waals surface area contributed by atoms with Crippen LogP contribution in [-0.4, -0.2) is 34.7 Å². The number of carbonyl (C=O) groups excluding carboxylic acids is 3. The van der Waals surface area contributed by atoms with Crippen molar-refractivity contribution in [2.75, 3.05) is 6.54 Å². The first kappa shape index (κ1) is 24.3. The second-order valence-electron chi connectivity index (χ2n) is 6.98. The second kappa shape index (κ2) is 10.5. The summed E-state index contributed by atoms with van der Waals surface area (Å²) in [6.07, 6.45) is 1.13. The first-order chi connectivity index (χ1) is 15.2. The number of amides is 2. The topological polar surface area (TPSA) is 72.9 Å². The molecule has 0 bridgehead atoms. The highest BCUT2D eigenvalue weighted by atomic mass is 79.9. The van der Waals surface area contributed by atoms with E-state index in [2.05, 4.69) is 15.9 Å². The molecule has 3 rings (SSSR count). The zero-order valence-electron chi connectivity index (χ0n) is 17.1. The van der Waals surface area contributed by atoms with E-state index in [9.17, 15) is 18.8 Å². The molecular weight excluding hydrogens is 525 g/mol. The Morgan fingerprint density at radius 2 is 2.03 bits per heavy atom. The summed E-state index contributed by atoms with van der Waals surface area (Å²) in [4.78, 5) is 37.8. The Balaban J connectivity index is 1.82. The summed E-state index contributed by atoms with van der Waals surface area (Å²) in [7, 11) is 0. The van der Waals surface area contributed by atoms with Crippen molar-refractivity contribution in [3.8, 4) is 5.75 Å². The fraction of sp³-hybridized carbons (Fsp3) is 0.227. The Kier molecular flexibility index (Phi) is 7.97. The highest BCUT2D eigenvalue weighted by molar-refractivity contribution is 9.10. The van der Waals surface area contributed by atoms with Gasteiger partial charge in [0.2, 0.25) is 0 Å². The van der Waals surface area contributed by atoms with E-state index < -0.39 is 29.5 Å². The Hall–Kier alpha value is -2.36. The molecule has 0 spiro atoms. The van der Waals surface area contributed by atoms with Gasteiger partial charge in [-0.25, -0.2) is 4.39 Å². The van der Waals surface area contributed by atoms with Crippen molar-refractivity contribution in [1.82, 2.24) is 4.90 Å². The number of hydrogen-bond donors (Lipinski definition) is 0. The Morgan fingerprint density at radius 1 is 1.28 bits per heavy atom. The number of esters is 1. The molecule has 2 aromatic rings. The summed E-state index contributed by atoms with van der Waals surface area (Å²) in [6, 6.07) is 9.41. The minimum absolute atomic E-state index is 0.124. The van der Waals surface area contributed by atoms with Crippen LogP contribution >= 0.6 is 39.3 Å². The Morgan fingerprint density at radius 3 is 2.72 bits per heavy atom. The van der Waals surface area contributed by atoms with Gasteiger partial charge in [-0.3, -0.25) is 19.3 Å². The predicted octanol–water partition coefficient (Wildman–Crippen LogP) is 5.81. The number of hydrogen-bond acceptors (Lipinski definition) is 6. The maximum Gasteiger partial charge on any atom is 0.326 e. The molecule has 0 atom stereocenters. The van der Waals surface area contributed by atoms with Crippen molar-refractivity contribution in [3.63, 3.8) is 0 Å². The van der Waals surface area contributed by atoms with Gasteiger partial charge < -0.3 is 9.47 Å². The largest absolute Gasteiger partial charge is 0.488 e. The van der Waals surface area contributed by atoms with E-state index in [-0.39, 0.29) is 28.2 Å². The van der Waals surface area contributed by atoms with Crippen LogP contribution in [0.5, 0.6) is 5.75 Å². The molecule has 1 saturated heterocycles. The molecule has 32 heavy (non-hydrogen) atoms. The van der Waals surface area contributed by atoms with E-state index in [1.54, 1.807) is 38.1 Å². The lowest BCUT2D eigenvalue weighted by Crippen LogP contribution is -2.35. The molecule has 2 aromatic carbocycles. The minimum Gasteiger partial charge on any atom is -0.488 e. The van der Waals surface area contributed by atoms with Crippen LogP contribution in [0.3, 0.4) is 0 Å². The summed E-state index contributed by atoms with van der Waals surface area (Å²) >= 11 is 10.1. The summed E-state index contributed by atoms with van der Waals surface area (Å²) in [6.45, 7) is 2.76. The summed E-state index contributed by atoms with van der Waals surface area (Å²) in [5.74, 6) is -1.41. The molecule has 0 aliphatic carbocycles. The van der Waals surface area contributed by atoms with Gasteiger partial charge >= 0.3 is 5.97 Å². The van der Waals surface area contributed by atoms with Gasteiger partial charge in [0, 0.05) is 15.6 Å². The molecule has 6 nitrogen and oxygen atoms in total. The van der Waals surface area contributed by atoms with Crippen LogP contribution in [0.1, 0.15) is 25.0 Å². The van der Waals surface area contributed by atoms with Crippen molar-refractivity contribution >= 4 is 62.5 Å². The van der Waals surface area contributed by atoms with Gasteiger partial charge in [0.15, 0.2) is 0 Å². The van der Waals surface area contributed by atoms with Crippen molar-refractivity contribution < 1.29 is 28.2 Å². The number of imide groups is 1. The summed E-state index contributed by atoms with van der Waals surface area (Å²) in [5, 5.41) is -0.337. The molecule has 1 heterocycles. The summed E-state index contributed by atoms with van der Waals surface area (Å²) in [5.41, 5.74) is 0.689. The van der Waals surface area contributed by atoms with Crippen LogP contribution in [-0.2, 0) is 20.9 Å². The smallest absolute Gasteiger partial charge is 0.326 e. The molecule has 0 radical (unpaired) electrons. The van der Waals surface area contributed by atoms with Crippen LogP contribution in [0.25, 0.3) is 6.08 Å². The minimum atomic E-state index is -0.670. The quantitative estimate of drug-likeness (QED) is 0.325. The summed E-state index contributed by atoms with van der Waals surface area (Å²) < 4.78 is 25.5. The van der Waals surface area contributed by atoms with E-state index in [4.69, 9.17) is 21.1 Å². The van der Waals surface area contributed by atoms with Gasteiger partial charge in [-0.05, 0) is 62.0 Å². The Bertz CT molecular complexity index is 1090. The zero-order valence-corrected chi connectivity index (χ0v) is 20.2. The standard InChI is InChI=1S/C22H18BrClFNO5S/c1-12(2)31-20(27)10-26-21(28)19(32-22(26)29)9-13-8-14(23)6-7-18(13)30-11-15-16(24)4-3-5-17(15)25/h3-9,12H,10-11H2,1-2H3/b19-9-. The van der Waals surface area contributed by atoms with Gasteiger partial charge in [0.05, 0.1) is 16.0 Å². The molecule has 2 amide bonds. The number of thioether (sulfide) groups is 1. The molecule has 168 valence electrons. The van der Waals surface area contributed by atoms with Crippen molar-refractivity contribution in [2.24, 2.45) is 0 Å². The van der Waals surface area contributed by atoms with Crippen molar-refractivity contribution in [3.05, 3.63) is 67.7 Å². The highest BCUT2D eigenvalue weighted by Crippen LogP contribution is 2.35. The number of rotatable bonds is 7. The van der Waals surface area contributed by atoms with Crippen molar-refractivity contribution in [1.29, 1.82) is 0 Å². The van der Waals surface area contributed by atoms with Gasteiger partial charge in [-0.2, -0.15) is 0 Å². The molecule has 0 aromatic heterocycles. The third-order valence-electron chi connectivity index (χ3n) is 4.22. The van der Waals surface area contributed by atoms with Crippen LogP contribution in [0.4, 0.5) is 9.18 Å². The van der Waals surface area contributed by atoms with E-state index >= 15 is 0 Å². The lowest BCUT2D eigenvalue weighted by molar-refractivity contribution is -0.149. The third kappa shape index (κ3) is 5.90. The average Bonchev–Trinajstić information content (AvgIpc) is 2.96. The lowest BCUT2D eigenvalue weighted by Gasteiger charge is -2.13. The fourth-order valence-corrected chi connectivity index (χ4v) is 4.22. The molecular formula is C22H18BrClFNO5S. The fourth-order valence-electron chi connectivity index (χ4n) is 2.79. The van der Waals surface area contributed by atoms with E-state index in [0.29, 0.717) is 27.5 Å². The first-order valence-electron chi connectivity index (χ1n) is 9.45. The third-order valence-corrected chi connectivity index (χ3v) is 5.97. The van der Waals surface area contributed by atoms with Crippen molar-refractivity contribution in [2.45, 2.75) is 26.6 Å². The SMILES string of the molecule is CC(C)OC(=O)CN1C(=O)S/C(=C\c2cc(Br)ccc2OCc2c(F)cccc2Cl)C1=O. The number of halogens is 3. The lowest BCUT2D eigenvalue weighted by atomic mass is 10.1. The first-order valence-corrected chi connectivity index (χ1v) is 11.4. The average molecular weight is 543 g/mol. The molecule has 0 N–H and O–H groups in total. The second-order valence-corrected chi connectivity index (χ2v) is 9.29. The van der Waals surface area contributed by atoms with E-state index in [1.807, 2.05) is 0 Å². The predicted molar refractivity (Wildman–Crippen MR) is 124 cm³/mol. The number of carbonyl (C=O) groups is 3. The number of ether oxygens (including phenoxy) is 2. The molecule has 1 aliphatic rings. The normalized spacial score (nSPS) is 15.1. The Labute approximate surface area is 201 Å². The zero-order chi connectivity index (χ0) is 23.4. The van der Waals surface area contributed by atoms with Gasteiger partial charge in [-0.1, -0.05) is 33.6 Å². The monoisotopic (exact) mass is 541 g/mol. The molecule has 1 fully saturated rings. The molecule has 0 unspecified atom stereocenters. The maximum absolute atomic E-state index is 14.1. The van der Waals surface area contributed by atoms with Crippen LogP contribution in [0, 0.1) is 5.82 Å². The van der Waals surface area contributed by atoms with Crippen LogP contribution in [0.2, 0.25) is 5.02 Å². The number of nitrogens with zero attached hydrogens (tertiary/aromatic N) is 1. The molecule has 0 saturated carbocycles. The van der Waals surface area contributed by atoms with E-state index in [1.165, 1.54) is 18.2 Å². The van der Waals surface area contributed by atoms with E-state index in [0.717, 1.165) is 4.90 Å². The van der Waals surface area contributed by atoms with Crippen LogP contribution in [0.15, 0.2) is 45.8 Å². The maximum atomic E-state index is 14.1. The highest BCUT2D eigenvalue weighted by Gasteiger charge is 2.37. The van der Waals surface area contributed by atoms with Gasteiger partial charge in [0.1, 0.15) is 24.7 Å².